The summed E-state index contributed by atoms with van der Waals surface area (Å²) < 4.78 is 0. The third-order valence-corrected chi connectivity index (χ3v) is 5.07. The van der Waals surface area contributed by atoms with Gasteiger partial charge in [-0.05, 0) is 55.7 Å². The van der Waals surface area contributed by atoms with Crippen LogP contribution in [-0.2, 0) is 0 Å². The maximum absolute atomic E-state index is 12.7. The number of carbonyl (C=O) groups excluding carboxylic acids is 1. The summed E-state index contributed by atoms with van der Waals surface area (Å²) in [5.41, 5.74) is 4.42. The highest BCUT2D eigenvalue weighted by atomic mass is 16.2. The van der Waals surface area contributed by atoms with Gasteiger partial charge in [-0.15, -0.1) is 0 Å². The van der Waals surface area contributed by atoms with Crippen molar-refractivity contribution in [1.82, 2.24) is 14.8 Å². The van der Waals surface area contributed by atoms with Crippen LogP contribution in [0, 0.1) is 13.8 Å². The number of benzene rings is 1. The average molecular weight is 323 g/mol. The zero-order valence-corrected chi connectivity index (χ0v) is 14.7. The molecule has 0 aliphatic carbocycles. The predicted octanol–water partition coefficient (Wildman–Crippen LogP) is 3.22. The number of piperazine rings is 1. The largest absolute Gasteiger partial charge is 0.336 e. The normalized spacial score (nSPS) is 16.9. The highest BCUT2D eigenvalue weighted by Crippen LogP contribution is 2.21. The van der Waals surface area contributed by atoms with Crippen LogP contribution in [-0.4, -0.2) is 46.9 Å². The van der Waals surface area contributed by atoms with Crippen molar-refractivity contribution < 1.29 is 4.79 Å². The first-order valence-electron chi connectivity index (χ1n) is 8.57. The van der Waals surface area contributed by atoms with Crippen molar-refractivity contribution in [1.29, 1.82) is 0 Å². The molecule has 0 spiro atoms. The Morgan fingerprint density at radius 2 is 1.83 bits per heavy atom. The molecule has 1 saturated heterocycles. The maximum atomic E-state index is 12.7. The lowest BCUT2D eigenvalue weighted by atomic mass is 10.0. The number of rotatable bonds is 3. The molecule has 1 aromatic heterocycles. The Bertz CT molecular complexity index is 706. The van der Waals surface area contributed by atoms with E-state index < -0.39 is 0 Å². The van der Waals surface area contributed by atoms with Crippen molar-refractivity contribution in [3.8, 4) is 0 Å². The van der Waals surface area contributed by atoms with E-state index in [1.54, 1.807) is 6.20 Å². The molecular formula is C20H25N3O. The lowest BCUT2D eigenvalue weighted by molar-refractivity contribution is 0.0582. The Labute approximate surface area is 144 Å². The molecule has 3 rings (SSSR count). The van der Waals surface area contributed by atoms with Gasteiger partial charge in [0.15, 0.2) is 0 Å². The molecule has 1 aliphatic heterocycles. The van der Waals surface area contributed by atoms with Crippen molar-refractivity contribution in [3.05, 3.63) is 65.0 Å². The van der Waals surface area contributed by atoms with Gasteiger partial charge in [0, 0.05) is 50.2 Å². The zero-order chi connectivity index (χ0) is 17.1. The number of amides is 1. The minimum Gasteiger partial charge on any atom is -0.336 e. The molecule has 0 bridgehead atoms. The summed E-state index contributed by atoms with van der Waals surface area (Å²) in [6, 6.07) is 10.4. The first kappa shape index (κ1) is 16.7. The summed E-state index contributed by atoms with van der Waals surface area (Å²) in [5, 5.41) is 0. The third kappa shape index (κ3) is 3.49. The second kappa shape index (κ2) is 7.14. The van der Waals surface area contributed by atoms with Gasteiger partial charge in [0.2, 0.25) is 0 Å². The first-order chi connectivity index (χ1) is 11.6. The van der Waals surface area contributed by atoms with E-state index in [0.717, 1.165) is 31.7 Å². The van der Waals surface area contributed by atoms with Gasteiger partial charge >= 0.3 is 0 Å². The molecule has 0 N–H and O–H groups in total. The number of aromatic nitrogens is 1. The standard InChI is InChI=1S/C20H25N3O/c1-15-6-7-18(13-16(15)2)20(24)23-11-9-22(10-12-23)17(3)19-5-4-8-21-14-19/h4-8,13-14,17H,9-12H2,1-3H3/t17-/m1/s1. The fourth-order valence-corrected chi connectivity index (χ4v) is 3.20. The Morgan fingerprint density at radius 3 is 2.46 bits per heavy atom. The number of nitrogens with zero attached hydrogens (tertiary/aromatic N) is 3. The molecule has 1 fully saturated rings. The van der Waals surface area contributed by atoms with Gasteiger partial charge in [-0.3, -0.25) is 14.7 Å². The quantitative estimate of drug-likeness (QED) is 0.870. The summed E-state index contributed by atoms with van der Waals surface area (Å²) in [5.74, 6) is 0.145. The van der Waals surface area contributed by atoms with Crippen LogP contribution in [0.3, 0.4) is 0 Å². The molecule has 126 valence electrons. The van der Waals surface area contributed by atoms with Crippen molar-refractivity contribution in [2.75, 3.05) is 26.2 Å². The molecule has 0 saturated carbocycles. The van der Waals surface area contributed by atoms with Gasteiger partial charge in [-0.1, -0.05) is 12.1 Å². The van der Waals surface area contributed by atoms with Gasteiger partial charge in [-0.25, -0.2) is 0 Å². The molecule has 0 radical (unpaired) electrons. The van der Waals surface area contributed by atoms with Crippen LogP contribution >= 0.6 is 0 Å². The van der Waals surface area contributed by atoms with E-state index in [2.05, 4.69) is 36.7 Å². The minimum atomic E-state index is 0.145. The highest BCUT2D eigenvalue weighted by Gasteiger charge is 2.25. The SMILES string of the molecule is Cc1ccc(C(=O)N2CCN([C@H](C)c3cccnc3)CC2)cc1C. The molecule has 4 nitrogen and oxygen atoms in total. The molecule has 2 heterocycles. The smallest absolute Gasteiger partial charge is 0.253 e. The van der Waals surface area contributed by atoms with E-state index in [-0.39, 0.29) is 5.91 Å². The van der Waals surface area contributed by atoms with E-state index in [4.69, 9.17) is 0 Å². The number of pyridine rings is 1. The summed E-state index contributed by atoms with van der Waals surface area (Å²) in [4.78, 5) is 21.3. The number of aryl methyl sites for hydroxylation is 2. The molecule has 1 atom stereocenters. The van der Waals surface area contributed by atoms with Crippen LogP contribution in [0.4, 0.5) is 0 Å². The van der Waals surface area contributed by atoms with E-state index in [0.29, 0.717) is 6.04 Å². The van der Waals surface area contributed by atoms with Crippen molar-refractivity contribution >= 4 is 5.91 Å². The summed E-state index contributed by atoms with van der Waals surface area (Å²) >= 11 is 0. The lowest BCUT2D eigenvalue weighted by Gasteiger charge is -2.38. The molecule has 1 aliphatic rings. The first-order valence-corrected chi connectivity index (χ1v) is 8.57. The molecule has 1 amide bonds. The fraction of sp³-hybridized carbons (Fsp3) is 0.400. The molecule has 1 aromatic carbocycles. The second-order valence-electron chi connectivity index (χ2n) is 6.59. The van der Waals surface area contributed by atoms with Crippen LogP contribution in [0.15, 0.2) is 42.7 Å². The van der Waals surface area contributed by atoms with Crippen LogP contribution < -0.4 is 0 Å². The van der Waals surface area contributed by atoms with Crippen molar-refractivity contribution in [2.45, 2.75) is 26.8 Å². The van der Waals surface area contributed by atoms with Crippen LogP contribution in [0.5, 0.6) is 0 Å². The lowest BCUT2D eigenvalue weighted by Crippen LogP contribution is -2.49. The summed E-state index contributed by atoms with van der Waals surface area (Å²) in [7, 11) is 0. The van der Waals surface area contributed by atoms with Gasteiger partial charge < -0.3 is 4.90 Å². The van der Waals surface area contributed by atoms with Crippen LogP contribution in [0.2, 0.25) is 0 Å². The maximum Gasteiger partial charge on any atom is 0.253 e. The average Bonchev–Trinajstić information content (AvgIpc) is 2.63. The monoisotopic (exact) mass is 323 g/mol. The van der Waals surface area contributed by atoms with E-state index in [9.17, 15) is 4.79 Å². The fourth-order valence-electron chi connectivity index (χ4n) is 3.20. The van der Waals surface area contributed by atoms with E-state index in [1.807, 2.05) is 35.4 Å². The Hall–Kier alpha value is -2.20. The summed E-state index contributed by atoms with van der Waals surface area (Å²) in [6.45, 7) is 9.67. The van der Waals surface area contributed by atoms with Gasteiger partial charge in [-0.2, -0.15) is 0 Å². The van der Waals surface area contributed by atoms with Gasteiger partial charge in [0.05, 0.1) is 0 Å². The van der Waals surface area contributed by atoms with Crippen LogP contribution in [0.25, 0.3) is 0 Å². The zero-order valence-electron chi connectivity index (χ0n) is 14.7. The highest BCUT2D eigenvalue weighted by molar-refractivity contribution is 5.94. The Kier molecular flexibility index (Phi) is 4.95. The van der Waals surface area contributed by atoms with Crippen molar-refractivity contribution in [3.63, 3.8) is 0 Å². The summed E-state index contributed by atoms with van der Waals surface area (Å²) in [6.07, 6.45) is 3.73. The molecule has 0 unspecified atom stereocenters. The number of carbonyl (C=O) groups is 1. The second-order valence-corrected chi connectivity index (χ2v) is 6.59. The number of hydrogen-bond acceptors (Lipinski definition) is 3. The van der Waals surface area contributed by atoms with E-state index >= 15 is 0 Å². The Balaban J connectivity index is 1.62. The molecule has 24 heavy (non-hydrogen) atoms. The minimum absolute atomic E-state index is 0.145. The topological polar surface area (TPSA) is 36.4 Å². The predicted molar refractivity (Wildman–Crippen MR) is 96.0 cm³/mol. The van der Waals surface area contributed by atoms with Gasteiger partial charge in [0.25, 0.3) is 5.91 Å². The van der Waals surface area contributed by atoms with Crippen molar-refractivity contribution in [2.24, 2.45) is 0 Å². The third-order valence-electron chi connectivity index (χ3n) is 5.07. The van der Waals surface area contributed by atoms with E-state index in [1.165, 1.54) is 16.7 Å². The van der Waals surface area contributed by atoms with Crippen LogP contribution in [0.1, 0.15) is 40.0 Å². The molecular weight excluding hydrogens is 298 g/mol. The van der Waals surface area contributed by atoms with Gasteiger partial charge in [0.1, 0.15) is 0 Å². The molecule has 4 heteroatoms. The molecule has 2 aromatic rings. The Morgan fingerprint density at radius 1 is 1.08 bits per heavy atom. The number of hydrogen-bond donors (Lipinski definition) is 0.